The molecule has 1 atom stereocenters. The van der Waals surface area contributed by atoms with Crippen LogP contribution in [0.15, 0.2) is 60.9 Å². The lowest BCUT2D eigenvalue weighted by Gasteiger charge is -2.10. The van der Waals surface area contributed by atoms with Crippen LogP contribution in [0.3, 0.4) is 0 Å². The van der Waals surface area contributed by atoms with Crippen LogP contribution in [0, 0.1) is 5.92 Å². The third kappa shape index (κ3) is 7.52. The average Bonchev–Trinajstić information content (AvgIpc) is 2.87. The molecule has 0 spiro atoms. The van der Waals surface area contributed by atoms with Crippen LogP contribution in [0.5, 0.6) is 0 Å². The molecule has 174 valence electrons. The van der Waals surface area contributed by atoms with Gasteiger partial charge >= 0.3 is 5.97 Å². The zero-order chi connectivity index (χ0) is 23.5. The summed E-state index contributed by atoms with van der Waals surface area (Å²) in [5.74, 6) is 0.621. The van der Waals surface area contributed by atoms with E-state index in [4.69, 9.17) is 4.74 Å². The summed E-state index contributed by atoms with van der Waals surface area (Å²) >= 11 is 0. The van der Waals surface area contributed by atoms with Crippen molar-refractivity contribution in [3.63, 3.8) is 0 Å². The second-order valence-corrected chi connectivity index (χ2v) is 8.73. The largest absolute Gasteiger partial charge is 0.465 e. The predicted octanol–water partition coefficient (Wildman–Crippen LogP) is 7.07. The van der Waals surface area contributed by atoms with Crippen LogP contribution < -0.4 is 0 Å². The highest BCUT2D eigenvalue weighted by Gasteiger charge is 2.11. The highest BCUT2D eigenvalue weighted by molar-refractivity contribution is 5.72. The first-order valence-corrected chi connectivity index (χ1v) is 12.3. The fourth-order valence-corrected chi connectivity index (χ4v) is 3.64. The molecule has 3 rings (SSSR count). The lowest BCUT2D eigenvalue weighted by molar-refractivity contribution is -0.147. The first-order valence-electron chi connectivity index (χ1n) is 12.3. The summed E-state index contributed by atoms with van der Waals surface area (Å²) in [6.45, 7) is 6.55. The van der Waals surface area contributed by atoms with E-state index in [2.05, 4.69) is 65.4 Å². The van der Waals surface area contributed by atoms with E-state index in [0.29, 0.717) is 6.61 Å². The molecule has 3 aromatic rings. The number of carbonyl (C=O) groups excluding carboxylic acids is 1. The number of hydrogen-bond acceptors (Lipinski definition) is 4. The van der Waals surface area contributed by atoms with E-state index in [-0.39, 0.29) is 11.9 Å². The molecule has 1 heterocycles. The molecule has 0 fully saturated rings. The number of aryl methyl sites for hydroxylation is 1. The van der Waals surface area contributed by atoms with Gasteiger partial charge in [0.05, 0.1) is 12.5 Å². The van der Waals surface area contributed by atoms with Gasteiger partial charge < -0.3 is 4.74 Å². The quantitative estimate of drug-likeness (QED) is 0.221. The number of ether oxygens (including phenoxy) is 1. The molecule has 0 amide bonds. The predicted molar refractivity (Wildman–Crippen MR) is 135 cm³/mol. The molecule has 0 aliphatic heterocycles. The Balaban J connectivity index is 1.53. The van der Waals surface area contributed by atoms with E-state index in [1.165, 1.54) is 31.2 Å². The molecule has 4 heteroatoms. The van der Waals surface area contributed by atoms with E-state index < -0.39 is 0 Å². The van der Waals surface area contributed by atoms with Crippen molar-refractivity contribution in [3.05, 3.63) is 72.1 Å². The van der Waals surface area contributed by atoms with Gasteiger partial charge in [0.25, 0.3) is 0 Å². The van der Waals surface area contributed by atoms with Crippen molar-refractivity contribution in [1.82, 2.24) is 9.97 Å². The number of carbonyl (C=O) groups is 1. The summed E-state index contributed by atoms with van der Waals surface area (Å²) in [6, 6.07) is 16.8. The number of unbranched alkanes of at least 4 members (excludes halogenated alkanes) is 3. The van der Waals surface area contributed by atoms with E-state index in [0.717, 1.165) is 47.3 Å². The topological polar surface area (TPSA) is 52.1 Å². The maximum Gasteiger partial charge on any atom is 0.308 e. The van der Waals surface area contributed by atoms with Crippen LogP contribution >= 0.6 is 0 Å². The summed E-state index contributed by atoms with van der Waals surface area (Å²) in [5, 5.41) is 0. The molecule has 0 aliphatic carbocycles. The molecule has 0 saturated heterocycles. The normalized spacial score (nSPS) is 11.8. The van der Waals surface area contributed by atoms with Gasteiger partial charge in [0.15, 0.2) is 5.82 Å². The maximum atomic E-state index is 11.8. The summed E-state index contributed by atoms with van der Waals surface area (Å²) < 4.78 is 5.35. The second-order valence-electron chi connectivity index (χ2n) is 8.73. The molecular weight excluding hydrogens is 408 g/mol. The third-order valence-corrected chi connectivity index (χ3v) is 6.10. The Labute approximate surface area is 198 Å². The smallest absolute Gasteiger partial charge is 0.308 e. The zero-order valence-corrected chi connectivity index (χ0v) is 20.2. The monoisotopic (exact) mass is 444 g/mol. The Kier molecular flexibility index (Phi) is 9.61. The van der Waals surface area contributed by atoms with Crippen LogP contribution in [0.4, 0.5) is 0 Å². The van der Waals surface area contributed by atoms with Gasteiger partial charge in [0.1, 0.15) is 0 Å². The van der Waals surface area contributed by atoms with Crippen LogP contribution in [0.25, 0.3) is 22.5 Å². The van der Waals surface area contributed by atoms with Crippen molar-refractivity contribution in [2.75, 3.05) is 6.61 Å². The molecule has 0 N–H and O–H groups in total. The van der Waals surface area contributed by atoms with Crippen LogP contribution in [0.1, 0.15) is 64.0 Å². The molecule has 0 bridgehead atoms. The second kappa shape index (κ2) is 12.9. The summed E-state index contributed by atoms with van der Waals surface area (Å²) in [4.78, 5) is 20.9. The standard InChI is InChI=1S/C29H36N2O2/c1-4-6-7-8-9-24-20-30-28(31-21-24)27-16-14-26(15-17-27)25-12-10-23(11-13-25)18-19-33-29(32)22(3)5-2/h10-17,20-22H,4-9,18-19H2,1-3H3. The van der Waals surface area contributed by atoms with Gasteiger partial charge in [0, 0.05) is 24.4 Å². The van der Waals surface area contributed by atoms with E-state index in [9.17, 15) is 4.79 Å². The Morgan fingerprint density at radius 1 is 0.788 bits per heavy atom. The third-order valence-electron chi connectivity index (χ3n) is 6.10. The minimum absolute atomic E-state index is 0.0331. The highest BCUT2D eigenvalue weighted by Crippen LogP contribution is 2.24. The van der Waals surface area contributed by atoms with Crippen molar-refractivity contribution < 1.29 is 9.53 Å². The molecule has 1 unspecified atom stereocenters. The Bertz CT molecular complexity index is 980. The maximum absolute atomic E-state index is 11.8. The number of esters is 1. The van der Waals surface area contributed by atoms with Crippen molar-refractivity contribution >= 4 is 5.97 Å². The fraction of sp³-hybridized carbons (Fsp3) is 0.414. The van der Waals surface area contributed by atoms with Crippen molar-refractivity contribution in [1.29, 1.82) is 0 Å². The number of aromatic nitrogens is 2. The van der Waals surface area contributed by atoms with Crippen molar-refractivity contribution in [2.45, 2.75) is 65.7 Å². The van der Waals surface area contributed by atoms with Crippen LogP contribution in [-0.2, 0) is 22.4 Å². The van der Waals surface area contributed by atoms with Crippen molar-refractivity contribution in [2.24, 2.45) is 5.92 Å². The summed E-state index contributed by atoms with van der Waals surface area (Å²) in [6.07, 6.45) is 11.5. The lowest BCUT2D eigenvalue weighted by Crippen LogP contribution is -2.15. The first-order chi connectivity index (χ1) is 16.1. The van der Waals surface area contributed by atoms with E-state index in [1.807, 2.05) is 26.2 Å². The minimum Gasteiger partial charge on any atom is -0.465 e. The summed E-state index contributed by atoms with van der Waals surface area (Å²) in [5.41, 5.74) is 5.71. The molecular formula is C29H36N2O2. The Hall–Kier alpha value is -3.01. The average molecular weight is 445 g/mol. The van der Waals surface area contributed by atoms with Gasteiger partial charge in [-0.25, -0.2) is 9.97 Å². The highest BCUT2D eigenvalue weighted by atomic mass is 16.5. The van der Waals surface area contributed by atoms with Crippen LogP contribution in [0.2, 0.25) is 0 Å². The van der Waals surface area contributed by atoms with Crippen molar-refractivity contribution in [3.8, 4) is 22.5 Å². The van der Waals surface area contributed by atoms with Gasteiger partial charge in [-0.05, 0) is 41.5 Å². The molecule has 0 aliphatic rings. The lowest BCUT2D eigenvalue weighted by atomic mass is 10.0. The number of rotatable bonds is 12. The van der Waals surface area contributed by atoms with Gasteiger partial charge in [-0.15, -0.1) is 0 Å². The fourth-order valence-electron chi connectivity index (χ4n) is 3.64. The molecule has 0 saturated carbocycles. The molecule has 0 radical (unpaired) electrons. The van der Waals surface area contributed by atoms with E-state index >= 15 is 0 Å². The number of nitrogens with zero attached hydrogens (tertiary/aromatic N) is 2. The zero-order valence-electron chi connectivity index (χ0n) is 20.2. The molecule has 4 nitrogen and oxygen atoms in total. The summed E-state index contributed by atoms with van der Waals surface area (Å²) in [7, 11) is 0. The van der Waals surface area contributed by atoms with Gasteiger partial charge in [-0.2, -0.15) is 0 Å². The van der Waals surface area contributed by atoms with E-state index in [1.54, 1.807) is 0 Å². The number of hydrogen-bond donors (Lipinski definition) is 0. The first kappa shape index (κ1) is 24.6. The SMILES string of the molecule is CCCCCCc1cnc(-c2ccc(-c3ccc(CCOC(=O)C(C)CC)cc3)cc2)nc1. The Morgan fingerprint density at radius 2 is 1.39 bits per heavy atom. The van der Waals surface area contributed by atoms with Gasteiger partial charge in [0.2, 0.25) is 0 Å². The number of benzene rings is 2. The van der Waals surface area contributed by atoms with Gasteiger partial charge in [-0.1, -0.05) is 88.6 Å². The molecule has 33 heavy (non-hydrogen) atoms. The minimum atomic E-state index is -0.111. The molecule has 2 aromatic carbocycles. The van der Waals surface area contributed by atoms with Gasteiger partial charge in [-0.3, -0.25) is 4.79 Å². The van der Waals surface area contributed by atoms with Crippen LogP contribution in [-0.4, -0.2) is 22.5 Å². The molecule has 1 aromatic heterocycles. The Morgan fingerprint density at radius 3 is 2.00 bits per heavy atom.